The lowest BCUT2D eigenvalue weighted by Crippen LogP contribution is -2.43. The van der Waals surface area contributed by atoms with Crippen LogP contribution in [0.25, 0.3) is 0 Å². The van der Waals surface area contributed by atoms with Crippen molar-refractivity contribution in [3.63, 3.8) is 0 Å². The predicted octanol–water partition coefficient (Wildman–Crippen LogP) is 0.652. The highest BCUT2D eigenvalue weighted by atomic mass is 16.3. The van der Waals surface area contributed by atoms with Gasteiger partial charge in [-0.1, -0.05) is 13.8 Å². The minimum Gasteiger partial charge on any atom is -0.389 e. The standard InChI is InChI=1S/C11H24N2O2/c1-5-9(3)13-10(14)7-12-8-11(4,15)6-2/h9,12,15H,5-8H2,1-4H3,(H,13,14). The molecule has 0 spiro atoms. The first-order valence-corrected chi connectivity index (χ1v) is 5.63. The molecule has 4 nitrogen and oxygen atoms in total. The summed E-state index contributed by atoms with van der Waals surface area (Å²) in [7, 11) is 0. The quantitative estimate of drug-likeness (QED) is 0.585. The summed E-state index contributed by atoms with van der Waals surface area (Å²) in [6, 6.07) is 0.214. The van der Waals surface area contributed by atoms with Gasteiger partial charge in [0.1, 0.15) is 0 Å². The van der Waals surface area contributed by atoms with Gasteiger partial charge in [0.25, 0.3) is 0 Å². The van der Waals surface area contributed by atoms with E-state index in [1.807, 2.05) is 20.8 Å². The van der Waals surface area contributed by atoms with Crippen molar-refractivity contribution in [2.24, 2.45) is 0 Å². The van der Waals surface area contributed by atoms with Crippen molar-refractivity contribution in [2.75, 3.05) is 13.1 Å². The monoisotopic (exact) mass is 216 g/mol. The number of amides is 1. The molecular formula is C11H24N2O2. The largest absolute Gasteiger partial charge is 0.389 e. The zero-order valence-electron chi connectivity index (χ0n) is 10.3. The summed E-state index contributed by atoms with van der Waals surface area (Å²) >= 11 is 0. The van der Waals surface area contributed by atoms with Crippen LogP contribution in [0.3, 0.4) is 0 Å². The van der Waals surface area contributed by atoms with Crippen LogP contribution in [0.4, 0.5) is 0 Å². The molecule has 0 heterocycles. The Hall–Kier alpha value is -0.610. The molecule has 1 amide bonds. The van der Waals surface area contributed by atoms with Gasteiger partial charge in [0.05, 0.1) is 12.1 Å². The summed E-state index contributed by atoms with van der Waals surface area (Å²) < 4.78 is 0. The third kappa shape index (κ3) is 7.33. The first-order valence-electron chi connectivity index (χ1n) is 5.63. The molecule has 0 aromatic heterocycles. The molecule has 0 saturated heterocycles. The topological polar surface area (TPSA) is 61.4 Å². The minimum atomic E-state index is -0.726. The van der Waals surface area contributed by atoms with Crippen LogP contribution in [0.15, 0.2) is 0 Å². The van der Waals surface area contributed by atoms with Crippen LogP contribution in [0.2, 0.25) is 0 Å². The van der Waals surface area contributed by atoms with Crippen LogP contribution in [0, 0.1) is 0 Å². The summed E-state index contributed by atoms with van der Waals surface area (Å²) in [6.07, 6.45) is 1.60. The van der Waals surface area contributed by atoms with Crippen molar-refractivity contribution in [3.05, 3.63) is 0 Å². The average Bonchev–Trinajstić information content (AvgIpc) is 2.17. The van der Waals surface area contributed by atoms with E-state index in [-0.39, 0.29) is 18.5 Å². The molecule has 3 N–H and O–H groups in total. The number of aliphatic hydroxyl groups is 1. The van der Waals surface area contributed by atoms with E-state index < -0.39 is 5.60 Å². The summed E-state index contributed by atoms with van der Waals surface area (Å²) in [6.45, 7) is 8.38. The smallest absolute Gasteiger partial charge is 0.234 e. The molecule has 0 aliphatic rings. The summed E-state index contributed by atoms with van der Waals surface area (Å²) in [5, 5.41) is 15.5. The lowest BCUT2D eigenvalue weighted by Gasteiger charge is -2.21. The van der Waals surface area contributed by atoms with E-state index >= 15 is 0 Å². The fourth-order valence-corrected chi connectivity index (χ4v) is 0.998. The van der Waals surface area contributed by atoms with Crippen molar-refractivity contribution in [3.8, 4) is 0 Å². The molecule has 0 saturated carbocycles. The van der Waals surface area contributed by atoms with Crippen molar-refractivity contribution >= 4 is 5.91 Å². The minimum absolute atomic E-state index is 0.0174. The molecular weight excluding hydrogens is 192 g/mol. The molecule has 90 valence electrons. The Morgan fingerprint density at radius 1 is 1.47 bits per heavy atom. The van der Waals surface area contributed by atoms with Crippen LogP contribution in [0.5, 0.6) is 0 Å². The van der Waals surface area contributed by atoms with Crippen molar-refractivity contribution in [2.45, 2.75) is 52.2 Å². The van der Waals surface area contributed by atoms with Gasteiger partial charge in [0.2, 0.25) is 5.91 Å². The fourth-order valence-electron chi connectivity index (χ4n) is 0.998. The third-order valence-corrected chi connectivity index (χ3v) is 2.57. The van der Waals surface area contributed by atoms with Crippen LogP contribution in [0.1, 0.15) is 40.5 Å². The van der Waals surface area contributed by atoms with Crippen LogP contribution < -0.4 is 10.6 Å². The predicted molar refractivity (Wildman–Crippen MR) is 61.7 cm³/mol. The van der Waals surface area contributed by atoms with Crippen LogP contribution in [-0.4, -0.2) is 35.7 Å². The van der Waals surface area contributed by atoms with Crippen molar-refractivity contribution < 1.29 is 9.90 Å². The van der Waals surface area contributed by atoms with Gasteiger partial charge in [-0.3, -0.25) is 4.79 Å². The molecule has 15 heavy (non-hydrogen) atoms. The first-order chi connectivity index (χ1) is 6.91. The Bertz CT molecular complexity index is 193. The van der Waals surface area contributed by atoms with Gasteiger partial charge >= 0.3 is 0 Å². The number of rotatable bonds is 7. The number of carbonyl (C=O) groups excluding carboxylic acids is 1. The molecule has 0 bridgehead atoms. The third-order valence-electron chi connectivity index (χ3n) is 2.57. The van der Waals surface area contributed by atoms with E-state index in [4.69, 9.17) is 0 Å². The molecule has 2 atom stereocenters. The average molecular weight is 216 g/mol. The van der Waals surface area contributed by atoms with Gasteiger partial charge < -0.3 is 15.7 Å². The van der Waals surface area contributed by atoms with Gasteiger partial charge in [-0.25, -0.2) is 0 Å². The maximum absolute atomic E-state index is 11.3. The van der Waals surface area contributed by atoms with Gasteiger partial charge in [-0.15, -0.1) is 0 Å². The first kappa shape index (κ1) is 14.4. The van der Waals surface area contributed by atoms with Crippen LogP contribution >= 0.6 is 0 Å². The number of hydrogen-bond acceptors (Lipinski definition) is 3. The summed E-state index contributed by atoms with van der Waals surface area (Å²) in [5.74, 6) is -0.0174. The Kier molecular flexibility index (Phi) is 6.52. The number of carbonyl (C=O) groups is 1. The van der Waals surface area contributed by atoms with E-state index in [2.05, 4.69) is 10.6 Å². The molecule has 0 fully saturated rings. The Labute approximate surface area is 92.4 Å². The van der Waals surface area contributed by atoms with E-state index in [1.54, 1.807) is 6.92 Å². The highest BCUT2D eigenvalue weighted by molar-refractivity contribution is 5.78. The Morgan fingerprint density at radius 3 is 2.53 bits per heavy atom. The summed E-state index contributed by atoms with van der Waals surface area (Å²) in [4.78, 5) is 11.3. The molecule has 0 aliphatic carbocycles. The van der Waals surface area contributed by atoms with Crippen molar-refractivity contribution in [1.29, 1.82) is 0 Å². The zero-order chi connectivity index (χ0) is 11.9. The van der Waals surface area contributed by atoms with E-state index in [0.29, 0.717) is 13.0 Å². The second-order valence-corrected chi connectivity index (χ2v) is 4.33. The molecule has 0 aromatic rings. The van der Waals surface area contributed by atoms with E-state index in [0.717, 1.165) is 6.42 Å². The molecule has 0 aliphatic heterocycles. The van der Waals surface area contributed by atoms with Gasteiger partial charge in [0, 0.05) is 12.6 Å². The summed E-state index contributed by atoms with van der Waals surface area (Å²) in [5.41, 5.74) is -0.726. The Morgan fingerprint density at radius 2 is 2.07 bits per heavy atom. The van der Waals surface area contributed by atoms with Crippen molar-refractivity contribution in [1.82, 2.24) is 10.6 Å². The second-order valence-electron chi connectivity index (χ2n) is 4.33. The highest BCUT2D eigenvalue weighted by Gasteiger charge is 2.17. The molecule has 2 unspecified atom stereocenters. The SMILES string of the molecule is CCC(C)NC(=O)CNCC(C)(O)CC. The zero-order valence-corrected chi connectivity index (χ0v) is 10.3. The highest BCUT2D eigenvalue weighted by Crippen LogP contribution is 2.05. The maximum atomic E-state index is 11.3. The molecule has 0 aromatic carbocycles. The molecule has 0 rings (SSSR count). The lowest BCUT2D eigenvalue weighted by atomic mass is 10.0. The van der Waals surface area contributed by atoms with Crippen LogP contribution in [-0.2, 0) is 4.79 Å². The fraction of sp³-hybridized carbons (Fsp3) is 0.909. The Balaban J connectivity index is 3.64. The normalized spacial score (nSPS) is 16.9. The van der Waals surface area contributed by atoms with Gasteiger partial charge in [0.15, 0.2) is 0 Å². The van der Waals surface area contributed by atoms with Gasteiger partial charge in [-0.05, 0) is 26.7 Å². The molecule has 4 heteroatoms. The molecule has 0 radical (unpaired) electrons. The second kappa shape index (κ2) is 6.80. The lowest BCUT2D eigenvalue weighted by molar-refractivity contribution is -0.121. The van der Waals surface area contributed by atoms with E-state index in [9.17, 15) is 9.90 Å². The maximum Gasteiger partial charge on any atom is 0.234 e. The van der Waals surface area contributed by atoms with Gasteiger partial charge in [-0.2, -0.15) is 0 Å². The van der Waals surface area contributed by atoms with E-state index in [1.165, 1.54) is 0 Å². The number of nitrogens with one attached hydrogen (secondary N) is 2. The number of hydrogen-bond donors (Lipinski definition) is 3.